The van der Waals surface area contributed by atoms with Crippen molar-refractivity contribution in [1.29, 1.82) is 0 Å². The van der Waals surface area contributed by atoms with Crippen LogP contribution >= 0.6 is 0 Å². The predicted octanol–water partition coefficient (Wildman–Crippen LogP) is -0.531. The van der Waals surface area contributed by atoms with Crippen LogP contribution in [0.4, 0.5) is 10.2 Å². The molecule has 2 aromatic heterocycles. The molecule has 0 bridgehead atoms. The molecule has 0 aromatic carbocycles. The van der Waals surface area contributed by atoms with Crippen molar-refractivity contribution in [2.75, 3.05) is 5.73 Å². The summed E-state index contributed by atoms with van der Waals surface area (Å²) >= 11 is 0. The quantitative estimate of drug-likeness (QED) is 0.497. The molecular weight excluding hydrogens is 151 g/mol. The molecule has 2 heterocycles. The number of aromatic amines is 1. The predicted molar refractivity (Wildman–Crippen MR) is 33.8 cm³/mol. The first-order chi connectivity index (χ1) is 5.27. The summed E-state index contributed by atoms with van der Waals surface area (Å²) in [6.45, 7) is 0. The highest BCUT2D eigenvalue weighted by Gasteiger charge is 2.06. The number of nitrogens with two attached hydrogens (primary N) is 1. The summed E-state index contributed by atoms with van der Waals surface area (Å²) in [7, 11) is 0. The summed E-state index contributed by atoms with van der Waals surface area (Å²) in [5.41, 5.74) is 5.71. The number of nitrogens with zero attached hydrogens (tertiary/aromatic N) is 4. The van der Waals surface area contributed by atoms with Crippen molar-refractivity contribution in [3.05, 3.63) is 6.08 Å². The molecule has 56 valence electrons. The average molecular weight is 154 g/mol. The maximum absolute atomic E-state index is 12.4. The van der Waals surface area contributed by atoms with Gasteiger partial charge in [-0.05, 0) is 0 Å². The van der Waals surface area contributed by atoms with E-state index in [4.69, 9.17) is 5.73 Å². The molecule has 2 rings (SSSR count). The SMILES string of the molecule is Nc1nc(F)nc2n[nH]nc12. The van der Waals surface area contributed by atoms with E-state index in [-0.39, 0.29) is 17.0 Å². The van der Waals surface area contributed by atoms with Gasteiger partial charge in [0.15, 0.2) is 11.3 Å². The zero-order chi connectivity index (χ0) is 7.84. The Hall–Kier alpha value is -1.79. The first kappa shape index (κ1) is 5.96. The maximum atomic E-state index is 12.4. The molecule has 0 spiro atoms. The highest BCUT2D eigenvalue weighted by atomic mass is 19.1. The van der Waals surface area contributed by atoms with E-state index in [9.17, 15) is 4.39 Å². The van der Waals surface area contributed by atoms with E-state index in [1.165, 1.54) is 0 Å². The van der Waals surface area contributed by atoms with Gasteiger partial charge in [-0.3, -0.25) is 0 Å². The van der Waals surface area contributed by atoms with Gasteiger partial charge in [0.2, 0.25) is 5.65 Å². The standard InChI is InChI=1S/C4H3FN6/c5-4-7-2(6)1-3(8-4)10-11-9-1/h(H3,6,7,8,9,10,11). The molecule has 2 aromatic rings. The van der Waals surface area contributed by atoms with Crippen LogP contribution in [0, 0.1) is 6.08 Å². The number of hydrogen-bond acceptors (Lipinski definition) is 5. The van der Waals surface area contributed by atoms with Crippen LogP contribution in [0.2, 0.25) is 0 Å². The third-order valence-corrected chi connectivity index (χ3v) is 1.18. The van der Waals surface area contributed by atoms with E-state index in [2.05, 4.69) is 25.4 Å². The van der Waals surface area contributed by atoms with Crippen molar-refractivity contribution in [3.63, 3.8) is 0 Å². The summed E-state index contributed by atoms with van der Waals surface area (Å²) < 4.78 is 12.4. The van der Waals surface area contributed by atoms with Crippen molar-refractivity contribution in [1.82, 2.24) is 25.4 Å². The molecule has 0 radical (unpaired) electrons. The Morgan fingerprint density at radius 3 is 2.91 bits per heavy atom. The molecule has 0 saturated heterocycles. The average Bonchev–Trinajstić information content (AvgIpc) is 2.34. The zero-order valence-electron chi connectivity index (χ0n) is 5.24. The lowest BCUT2D eigenvalue weighted by molar-refractivity contribution is 0.545. The van der Waals surface area contributed by atoms with Gasteiger partial charge in [-0.15, -0.1) is 5.10 Å². The summed E-state index contributed by atoms with van der Waals surface area (Å²) in [6, 6.07) is 0. The Bertz CT molecular complexity index is 394. The van der Waals surface area contributed by atoms with Crippen molar-refractivity contribution in [2.45, 2.75) is 0 Å². The molecule has 0 aliphatic rings. The Labute approximate surface area is 59.6 Å². The second-order valence-electron chi connectivity index (χ2n) is 1.87. The fourth-order valence-electron chi connectivity index (χ4n) is 0.740. The molecule has 0 amide bonds. The van der Waals surface area contributed by atoms with Crippen LogP contribution < -0.4 is 5.73 Å². The summed E-state index contributed by atoms with van der Waals surface area (Å²) in [5.74, 6) is -0.0127. The number of nitrogen functional groups attached to an aromatic ring is 1. The van der Waals surface area contributed by atoms with Crippen LogP contribution in [0.3, 0.4) is 0 Å². The Morgan fingerprint density at radius 2 is 2.09 bits per heavy atom. The first-order valence-corrected chi connectivity index (χ1v) is 2.77. The number of hydrogen-bond donors (Lipinski definition) is 2. The van der Waals surface area contributed by atoms with E-state index in [0.29, 0.717) is 0 Å². The summed E-state index contributed by atoms with van der Waals surface area (Å²) in [5, 5.41) is 9.40. The van der Waals surface area contributed by atoms with E-state index in [1.807, 2.05) is 0 Å². The monoisotopic (exact) mass is 154 g/mol. The Balaban J connectivity index is 2.91. The fraction of sp³-hybridized carbons (Fsp3) is 0. The van der Waals surface area contributed by atoms with E-state index in [1.54, 1.807) is 0 Å². The van der Waals surface area contributed by atoms with Crippen molar-refractivity contribution in [3.8, 4) is 0 Å². The van der Waals surface area contributed by atoms with Crippen LogP contribution in [0.1, 0.15) is 0 Å². The van der Waals surface area contributed by atoms with Crippen LogP contribution in [0.25, 0.3) is 11.2 Å². The van der Waals surface area contributed by atoms with Gasteiger partial charge in [0.1, 0.15) is 0 Å². The van der Waals surface area contributed by atoms with Crippen molar-refractivity contribution in [2.24, 2.45) is 0 Å². The molecule has 0 atom stereocenters. The zero-order valence-corrected chi connectivity index (χ0v) is 5.24. The van der Waals surface area contributed by atoms with Crippen LogP contribution in [-0.4, -0.2) is 25.4 Å². The number of H-pyrrole nitrogens is 1. The highest BCUT2D eigenvalue weighted by Crippen LogP contribution is 2.10. The van der Waals surface area contributed by atoms with Crippen LogP contribution in [-0.2, 0) is 0 Å². The topological polar surface area (TPSA) is 93.4 Å². The lowest BCUT2D eigenvalue weighted by Gasteiger charge is -1.89. The molecule has 11 heavy (non-hydrogen) atoms. The fourth-order valence-corrected chi connectivity index (χ4v) is 0.740. The molecule has 0 fully saturated rings. The number of nitrogens with one attached hydrogen (secondary N) is 1. The molecular formula is C4H3FN6. The van der Waals surface area contributed by atoms with Gasteiger partial charge < -0.3 is 5.73 Å². The number of fused-ring (bicyclic) bond motifs is 1. The van der Waals surface area contributed by atoms with E-state index < -0.39 is 6.08 Å². The smallest absolute Gasteiger partial charge is 0.312 e. The second-order valence-corrected chi connectivity index (χ2v) is 1.87. The largest absolute Gasteiger partial charge is 0.382 e. The van der Waals surface area contributed by atoms with Gasteiger partial charge in [-0.25, -0.2) is 0 Å². The third kappa shape index (κ3) is 0.775. The van der Waals surface area contributed by atoms with Gasteiger partial charge in [0.05, 0.1) is 0 Å². The van der Waals surface area contributed by atoms with E-state index in [0.717, 1.165) is 0 Å². The number of anilines is 1. The molecule has 6 nitrogen and oxygen atoms in total. The maximum Gasteiger partial charge on any atom is 0.312 e. The molecule has 7 heteroatoms. The van der Waals surface area contributed by atoms with Gasteiger partial charge in [0, 0.05) is 0 Å². The van der Waals surface area contributed by atoms with Crippen molar-refractivity contribution < 1.29 is 4.39 Å². The van der Waals surface area contributed by atoms with Crippen molar-refractivity contribution >= 4 is 17.0 Å². The van der Waals surface area contributed by atoms with Gasteiger partial charge in [-0.1, -0.05) is 0 Å². The molecule has 0 aliphatic heterocycles. The number of halogens is 1. The molecule has 3 N–H and O–H groups in total. The van der Waals surface area contributed by atoms with E-state index >= 15 is 0 Å². The minimum atomic E-state index is -0.899. The Kier molecular flexibility index (Phi) is 0.999. The third-order valence-electron chi connectivity index (χ3n) is 1.18. The normalized spacial score (nSPS) is 10.6. The minimum absolute atomic E-state index is 0.0127. The second kappa shape index (κ2) is 1.84. The summed E-state index contributed by atoms with van der Waals surface area (Å²) in [4.78, 5) is 6.59. The van der Waals surface area contributed by atoms with Crippen LogP contribution in [0.15, 0.2) is 0 Å². The lowest BCUT2D eigenvalue weighted by Crippen LogP contribution is -1.97. The molecule has 0 unspecified atom stereocenters. The highest BCUT2D eigenvalue weighted by molar-refractivity contribution is 5.79. The van der Waals surface area contributed by atoms with Gasteiger partial charge >= 0.3 is 6.08 Å². The minimum Gasteiger partial charge on any atom is -0.382 e. The van der Waals surface area contributed by atoms with Gasteiger partial charge in [0.25, 0.3) is 0 Å². The Morgan fingerprint density at radius 1 is 1.27 bits per heavy atom. The van der Waals surface area contributed by atoms with Crippen LogP contribution in [0.5, 0.6) is 0 Å². The molecule has 0 aliphatic carbocycles. The lowest BCUT2D eigenvalue weighted by atomic mass is 10.5. The summed E-state index contributed by atoms with van der Waals surface area (Å²) in [6.07, 6.45) is -0.899. The first-order valence-electron chi connectivity index (χ1n) is 2.77. The van der Waals surface area contributed by atoms with Gasteiger partial charge in [-0.2, -0.15) is 24.7 Å². The number of rotatable bonds is 0. The number of aromatic nitrogens is 5. The molecule has 0 saturated carbocycles.